The SMILES string of the molecule is ClCCCCC1CC(c2ccc(Br)cc2)=CCN1. The number of hydrogen-bond donors (Lipinski definition) is 1. The van der Waals surface area contributed by atoms with Gasteiger partial charge in [0.1, 0.15) is 0 Å². The van der Waals surface area contributed by atoms with Gasteiger partial charge in [-0.15, -0.1) is 11.6 Å². The molecule has 3 heteroatoms. The second-order valence-corrected chi connectivity index (χ2v) is 6.02. The summed E-state index contributed by atoms with van der Waals surface area (Å²) in [4.78, 5) is 0. The van der Waals surface area contributed by atoms with Crippen LogP contribution in [0.3, 0.4) is 0 Å². The highest BCUT2D eigenvalue weighted by Gasteiger charge is 2.15. The maximum atomic E-state index is 5.72. The third kappa shape index (κ3) is 4.11. The van der Waals surface area contributed by atoms with E-state index in [1.807, 2.05) is 0 Å². The van der Waals surface area contributed by atoms with Crippen molar-refractivity contribution in [2.24, 2.45) is 0 Å². The lowest BCUT2D eigenvalue weighted by molar-refractivity contribution is 0.483. The molecule has 0 fully saturated rings. The molecule has 1 aromatic carbocycles. The molecule has 1 aliphatic rings. The van der Waals surface area contributed by atoms with E-state index < -0.39 is 0 Å². The molecule has 0 aromatic heterocycles. The summed E-state index contributed by atoms with van der Waals surface area (Å²) in [6.07, 6.45) is 7.00. The smallest absolute Gasteiger partial charge is 0.0223 e. The van der Waals surface area contributed by atoms with E-state index in [0.717, 1.165) is 29.7 Å². The number of halogens is 2. The molecule has 1 heterocycles. The molecule has 0 bridgehead atoms. The molecule has 0 aliphatic carbocycles. The van der Waals surface area contributed by atoms with Crippen LogP contribution >= 0.6 is 27.5 Å². The van der Waals surface area contributed by atoms with Gasteiger partial charge in [-0.2, -0.15) is 0 Å². The molecule has 1 atom stereocenters. The number of hydrogen-bond acceptors (Lipinski definition) is 1. The largest absolute Gasteiger partial charge is 0.310 e. The molecular formula is C15H19BrClN. The van der Waals surface area contributed by atoms with Gasteiger partial charge in [-0.1, -0.05) is 40.6 Å². The lowest BCUT2D eigenvalue weighted by Gasteiger charge is -2.24. The fourth-order valence-electron chi connectivity index (χ4n) is 2.36. The topological polar surface area (TPSA) is 12.0 Å². The van der Waals surface area contributed by atoms with Crippen molar-refractivity contribution in [2.75, 3.05) is 12.4 Å². The van der Waals surface area contributed by atoms with Crippen LogP contribution in [0.4, 0.5) is 0 Å². The molecule has 0 saturated heterocycles. The fraction of sp³-hybridized carbons (Fsp3) is 0.467. The van der Waals surface area contributed by atoms with E-state index in [0.29, 0.717) is 6.04 Å². The molecule has 18 heavy (non-hydrogen) atoms. The van der Waals surface area contributed by atoms with Gasteiger partial charge in [0, 0.05) is 22.9 Å². The highest BCUT2D eigenvalue weighted by Crippen LogP contribution is 2.25. The predicted molar refractivity (Wildman–Crippen MR) is 83.1 cm³/mol. The van der Waals surface area contributed by atoms with Crippen molar-refractivity contribution in [1.29, 1.82) is 0 Å². The summed E-state index contributed by atoms with van der Waals surface area (Å²) in [5.74, 6) is 0.780. The number of nitrogens with one attached hydrogen (secondary N) is 1. The Morgan fingerprint density at radius 2 is 2.00 bits per heavy atom. The van der Waals surface area contributed by atoms with Crippen LogP contribution in [0.25, 0.3) is 5.57 Å². The average molecular weight is 329 g/mol. The molecule has 1 aliphatic heterocycles. The van der Waals surface area contributed by atoms with Gasteiger partial charge < -0.3 is 5.32 Å². The highest BCUT2D eigenvalue weighted by molar-refractivity contribution is 9.10. The van der Waals surface area contributed by atoms with Gasteiger partial charge in [-0.3, -0.25) is 0 Å². The first-order chi connectivity index (χ1) is 8.79. The number of rotatable bonds is 5. The summed E-state index contributed by atoms with van der Waals surface area (Å²) in [6.45, 7) is 0.983. The summed E-state index contributed by atoms with van der Waals surface area (Å²) < 4.78 is 1.14. The van der Waals surface area contributed by atoms with Gasteiger partial charge in [0.15, 0.2) is 0 Å². The Hall–Kier alpha value is -0.310. The Morgan fingerprint density at radius 1 is 1.22 bits per heavy atom. The second-order valence-electron chi connectivity index (χ2n) is 4.73. The summed E-state index contributed by atoms with van der Waals surface area (Å²) in [6, 6.07) is 9.21. The Bertz CT molecular complexity index is 399. The third-order valence-corrected chi connectivity index (χ3v) is 4.17. The van der Waals surface area contributed by atoms with Crippen molar-refractivity contribution in [2.45, 2.75) is 31.7 Å². The maximum Gasteiger partial charge on any atom is 0.0223 e. The van der Waals surface area contributed by atoms with Crippen LogP contribution in [0.1, 0.15) is 31.2 Å². The molecule has 2 rings (SSSR count). The van der Waals surface area contributed by atoms with Gasteiger partial charge in [0.05, 0.1) is 0 Å². The van der Waals surface area contributed by atoms with E-state index in [9.17, 15) is 0 Å². The molecule has 0 radical (unpaired) electrons. The van der Waals surface area contributed by atoms with E-state index in [1.54, 1.807) is 0 Å². The quantitative estimate of drug-likeness (QED) is 0.615. The average Bonchev–Trinajstić information content (AvgIpc) is 2.40. The van der Waals surface area contributed by atoms with Crippen LogP contribution in [-0.4, -0.2) is 18.5 Å². The Kier molecular flexibility index (Phi) is 5.74. The van der Waals surface area contributed by atoms with Crippen LogP contribution < -0.4 is 5.32 Å². The van der Waals surface area contributed by atoms with Crippen LogP contribution in [0.15, 0.2) is 34.8 Å². The van der Waals surface area contributed by atoms with E-state index in [2.05, 4.69) is 51.6 Å². The summed E-state index contributed by atoms with van der Waals surface area (Å²) in [5.41, 5.74) is 2.82. The third-order valence-electron chi connectivity index (χ3n) is 3.37. The minimum Gasteiger partial charge on any atom is -0.310 e. The van der Waals surface area contributed by atoms with Gasteiger partial charge in [0.2, 0.25) is 0 Å². The van der Waals surface area contributed by atoms with Gasteiger partial charge >= 0.3 is 0 Å². The Morgan fingerprint density at radius 3 is 2.72 bits per heavy atom. The highest BCUT2D eigenvalue weighted by atomic mass is 79.9. The van der Waals surface area contributed by atoms with Crippen molar-refractivity contribution in [3.63, 3.8) is 0 Å². The van der Waals surface area contributed by atoms with E-state index in [4.69, 9.17) is 11.6 Å². The van der Waals surface area contributed by atoms with Gasteiger partial charge in [-0.25, -0.2) is 0 Å². The molecule has 0 saturated carbocycles. The van der Waals surface area contributed by atoms with E-state index >= 15 is 0 Å². The molecular weight excluding hydrogens is 310 g/mol. The van der Waals surface area contributed by atoms with E-state index in [1.165, 1.54) is 24.0 Å². The normalized spacial score (nSPS) is 19.7. The first-order valence-corrected chi connectivity index (χ1v) is 7.86. The first-order valence-electron chi connectivity index (χ1n) is 6.54. The monoisotopic (exact) mass is 327 g/mol. The van der Waals surface area contributed by atoms with Crippen LogP contribution in [0, 0.1) is 0 Å². The summed E-state index contributed by atoms with van der Waals surface area (Å²) >= 11 is 9.20. The van der Waals surface area contributed by atoms with Crippen molar-refractivity contribution in [1.82, 2.24) is 5.32 Å². The molecule has 1 unspecified atom stereocenters. The van der Waals surface area contributed by atoms with Crippen molar-refractivity contribution < 1.29 is 0 Å². The zero-order chi connectivity index (χ0) is 12.8. The first kappa shape index (κ1) is 14.1. The molecule has 1 nitrogen and oxygen atoms in total. The number of benzene rings is 1. The van der Waals surface area contributed by atoms with Gasteiger partial charge in [-0.05, 0) is 42.5 Å². The Labute approximate surface area is 123 Å². The summed E-state index contributed by atoms with van der Waals surface area (Å²) in [5, 5.41) is 3.56. The minimum atomic E-state index is 0.608. The number of unbranched alkanes of at least 4 members (excludes halogenated alkanes) is 1. The number of alkyl halides is 1. The van der Waals surface area contributed by atoms with Gasteiger partial charge in [0.25, 0.3) is 0 Å². The zero-order valence-electron chi connectivity index (χ0n) is 10.5. The lowest BCUT2D eigenvalue weighted by Crippen LogP contribution is -2.32. The maximum absolute atomic E-state index is 5.72. The second kappa shape index (κ2) is 7.32. The van der Waals surface area contributed by atoms with Crippen molar-refractivity contribution in [3.05, 3.63) is 40.4 Å². The standard InChI is InChI=1S/C15H19BrClN/c16-14-6-4-12(5-7-14)13-8-10-18-15(11-13)3-1-2-9-17/h4-8,15,18H,1-3,9-11H2. The molecule has 1 aromatic rings. The summed E-state index contributed by atoms with van der Waals surface area (Å²) in [7, 11) is 0. The molecule has 0 spiro atoms. The minimum absolute atomic E-state index is 0.608. The van der Waals surface area contributed by atoms with Crippen molar-refractivity contribution >= 4 is 33.1 Å². The van der Waals surface area contributed by atoms with E-state index in [-0.39, 0.29) is 0 Å². The zero-order valence-corrected chi connectivity index (χ0v) is 12.8. The Balaban J connectivity index is 1.93. The van der Waals surface area contributed by atoms with Crippen LogP contribution in [-0.2, 0) is 0 Å². The predicted octanol–water partition coefficient (Wildman–Crippen LogP) is 4.60. The van der Waals surface area contributed by atoms with Crippen LogP contribution in [0.2, 0.25) is 0 Å². The molecule has 98 valence electrons. The van der Waals surface area contributed by atoms with Crippen molar-refractivity contribution in [3.8, 4) is 0 Å². The fourth-order valence-corrected chi connectivity index (χ4v) is 2.81. The van der Waals surface area contributed by atoms with Crippen LogP contribution in [0.5, 0.6) is 0 Å². The molecule has 1 N–H and O–H groups in total. The lowest BCUT2D eigenvalue weighted by atomic mass is 9.93. The molecule has 0 amide bonds.